The summed E-state index contributed by atoms with van der Waals surface area (Å²) in [6.45, 7) is 1.92. The van der Waals surface area contributed by atoms with E-state index in [0.29, 0.717) is 0 Å². The smallest absolute Gasteiger partial charge is 0.138 e. The molecule has 1 aliphatic heterocycles. The molecule has 0 aliphatic carbocycles. The van der Waals surface area contributed by atoms with Gasteiger partial charge < -0.3 is 10.3 Å². The zero-order valence-electron chi connectivity index (χ0n) is 9.77. The van der Waals surface area contributed by atoms with E-state index >= 15 is 0 Å². The lowest BCUT2D eigenvalue weighted by Gasteiger charge is -2.01. The Morgan fingerprint density at radius 1 is 1.06 bits per heavy atom. The van der Waals surface area contributed by atoms with Crippen LogP contribution in [0.1, 0.15) is 11.1 Å². The lowest BCUT2D eigenvalue weighted by molar-refractivity contribution is 0.765. The van der Waals surface area contributed by atoms with Crippen molar-refractivity contribution in [1.29, 1.82) is 0 Å². The quantitative estimate of drug-likeness (QED) is 0.681. The van der Waals surface area contributed by atoms with Crippen LogP contribution in [-0.2, 0) is 13.1 Å². The van der Waals surface area contributed by atoms with E-state index < -0.39 is 0 Å². The number of hydrogen-bond donors (Lipinski definition) is 2. The minimum absolute atomic E-state index is 0.910. The molecular formula is C14H12N4. The first kappa shape index (κ1) is 9.79. The maximum absolute atomic E-state index is 4.59. The topological polar surface area (TPSA) is 53.6 Å². The fourth-order valence-electron chi connectivity index (χ4n) is 2.44. The fraction of sp³-hybridized carbons (Fsp3) is 0.143. The van der Waals surface area contributed by atoms with Gasteiger partial charge in [-0.25, -0.2) is 4.98 Å². The van der Waals surface area contributed by atoms with Gasteiger partial charge in [0.1, 0.15) is 5.82 Å². The molecule has 0 bridgehead atoms. The molecule has 0 saturated carbocycles. The van der Waals surface area contributed by atoms with Crippen molar-refractivity contribution in [3.05, 3.63) is 47.8 Å². The Morgan fingerprint density at radius 3 is 2.94 bits per heavy atom. The van der Waals surface area contributed by atoms with Gasteiger partial charge >= 0.3 is 0 Å². The molecule has 18 heavy (non-hydrogen) atoms. The molecule has 3 aromatic rings. The molecular weight excluding hydrogens is 224 g/mol. The molecule has 3 heterocycles. The normalized spacial score (nSPS) is 14.0. The number of H-pyrrole nitrogens is 1. The third-order valence-corrected chi connectivity index (χ3v) is 3.39. The molecule has 0 amide bonds. The van der Waals surface area contributed by atoms with Gasteiger partial charge in [-0.1, -0.05) is 12.1 Å². The van der Waals surface area contributed by atoms with Gasteiger partial charge in [-0.05, 0) is 23.3 Å². The van der Waals surface area contributed by atoms with E-state index in [4.69, 9.17) is 0 Å². The lowest BCUT2D eigenvalue weighted by Crippen LogP contribution is -1.99. The number of imidazole rings is 1. The number of aromatic amines is 1. The van der Waals surface area contributed by atoms with Gasteiger partial charge in [0.15, 0.2) is 0 Å². The molecule has 1 aromatic carbocycles. The van der Waals surface area contributed by atoms with Gasteiger partial charge in [0.05, 0.1) is 17.2 Å². The number of benzene rings is 1. The summed E-state index contributed by atoms with van der Waals surface area (Å²) in [5.41, 5.74) is 5.82. The molecule has 4 heteroatoms. The Balaban J connectivity index is 1.86. The number of nitrogens with zero attached hydrogens (tertiary/aromatic N) is 2. The van der Waals surface area contributed by atoms with Crippen LogP contribution < -0.4 is 5.32 Å². The summed E-state index contributed by atoms with van der Waals surface area (Å²) < 4.78 is 0. The van der Waals surface area contributed by atoms with Crippen molar-refractivity contribution in [2.75, 3.05) is 0 Å². The van der Waals surface area contributed by atoms with Crippen molar-refractivity contribution in [1.82, 2.24) is 20.3 Å². The van der Waals surface area contributed by atoms with E-state index in [1.165, 1.54) is 11.1 Å². The number of rotatable bonds is 1. The standard InChI is InChI=1S/C14H12N4/c1-2-10-6-16-7-11(10)5-9(1)14-17-12-3-4-15-8-13(12)18-14/h1-5,8,16H,6-7H2,(H,17,18). The van der Waals surface area contributed by atoms with E-state index in [1.807, 2.05) is 6.07 Å². The van der Waals surface area contributed by atoms with Crippen LogP contribution in [0.2, 0.25) is 0 Å². The van der Waals surface area contributed by atoms with Gasteiger partial charge in [0, 0.05) is 24.8 Å². The number of aromatic nitrogens is 3. The Kier molecular flexibility index (Phi) is 1.98. The third kappa shape index (κ3) is 1.43. The molecule has 2 N–H and O–H groups in total. The van der Waals surface area contributed by atoms with E-state index in [2.05, 4.69) is 38.5 Å². The molecule has 4 rings (SSSR count). The van der Waals surface area contributed by atoms with Crippen LogP contribution in [-0.4, -0.2) is 15.0 Å². The zero-order chi connectivity index (χ0) is 11.9. The molecule has 2 aromatic heterocycles. The van der Waals surface area contributed by atoms with Crippen molar-refractivity contribution in [2.24, 2.45) is 0 Å². The lowest BCUT2D eigenvalue weighted by atomic mass is 10.1. The Bertz CT molecular complexity index is 696. The van der Waals surface area contributed by atoms with Crippen LogP contribution in [0.3, 0.4) is 0 Å². The predicted octanol–water partition coefficient (Wildman–Crippen LogP) is 2.23. The summed E-state index contributed by atoms with van der Waals surface area (Å²) in [7, 11) is 0. The van der Waals surface area contributed by atoms with E-state index in [1.54, 1.807) is 12.4 Å². The summed E-state index contributed by atoms with van der Waals surface area (Å²) in [6, 6.07) is 8.43. The second-order valence-corrected chi connectivity index (χ2v) is 4.57. The molecule has 88 valence electrons. The van der Waals surface area contributed by atoms with Crippen LogP contribution in [0.15, 0.2) is 36.7 Å². The maximum atomic E-state index is 4.59. The summed E-state index contributed by atoms with van der Waals surface area (Å²) in [5, 5.41) is 3.35. The van der Waals surface area contributed by atoms with Gasteiger partial charge in [0.25, 0.3) is 0 Å². The molecule has 0 atom stereocenters. The second-order valence-electron chi connectivity index (χ2n) is 4.57. The summed E-state index contributed by atoms with van der Waals surface area (Å²) >= 11 is 0. The Hall–Kier alpha value is -2.20. The average molecular weight is 236 g/mol. The van der Waals surface area contributed by atoms with Crippen molar-refractivity contribution in [3.8, 4) is 11.4 Å². The van der Waals surface area contributed by atoms with Crippen LogP contribution in [0.25, 0.3) is 22.4 Å². The number of fused-ring (bicyclic) bond motifs is 2. The summed E-state index contributed by atoms with van der Waals surface area (Å²) in [5.74, 6) is 0.910. The summed E-state index contributed by atoms with van der Waals surface area (Å²) in [4.78, 5) is 12.0. The van der Waals surface area contributed by atoms with E-state index in [-0.39, 0.29) is 0 Å². The van der Waals surface area contributed by atoms with Crippen molar-refractivity contribution in [3.63, 3.8) is 0 Å². The SMILES string of the molecule is c1cc2nc(-c3ccc4c(c3)CNC4)[nH]c2cn1. The van der Waals surface area contributed by atoms with Gasteiger partial charge in [-0.3, -0.25) is 4.98 Å². The van der Waals surface area contributed by atoms with E-state index in [9.17, 15) is 0 Å². The zero-order valence-corrected chi connectivity index (χ0v) is 9.77. The molecule has 0 spiro atoms. The highest BCUT2D eigenvalue weighted by Gasteiger charge is 2.12. The number of hydrogen-bond acceptors (Lipinski definition) is 3. The first-order chi connectivity index (χ1) is 8.90. The molecule has 0 fully saturated rings. The molecule has 4 nitrogen and oxygen atoms in total. The first-order valence-corrected chi connectivity index (χ1v) is 6.03. The maximum Gasteiger partial charge on any atom is 0.138 e. The second kappa shape index (κ2) is 3.65. The van der Waals surface area contributed by atoms with Crippen molar-refractivity contribution < 1.29 is 0 Å². The third-order valence-electron chi connectivity index (χ3n) is 3.39. The highest BCUT2D eigenvalue weighted by Crippen LogP contribution is 2.24. The monoisotopic (exact) mass is 236 g/mol. The largest absolute Gasteiger partial charge is 0.337 e. The van der Waals surface area contributed by atoms with Gasteiger partial charge in [-0.15, -0.1) is 0 Å². The van der Waals surface area contributed by atoms with Gasteiger partial charge in [0.2, 0.25) is 0 Å². The molecule has 0 radical (unpaired) electrons. The van der Waals surface area contributed by atoms with Crippen LogP contribution in [0.4, 0.5) is 0 Å². The van der Waals surface area contributed by atoms with Crippen LogP contribution in [0.5, 0.6) is 0 Å². The van der Waals surface area contributed by atoms with Gasteiger partial charge in [-0.2, -0.15) is 0 Å². The molecule has 0 unspecified atom stereocenters. The van der Waals surface area contributed by atoms with Crippen LogP contribution in [0, 0.1) is 0 Å². The minimum Gasteiger partial charge on any atom is -0.337 e. The average Bonchev–Trinajstić information content (AvgIpc) is 3.04. The number of pyridine rings is 1. The Morgan fingerprint density at radius 2 is 2.00 bits per heavy atom. The summed E-state index contributed by atoms with van der Waals surface area (Å²) in [6.07, 6.45) is 3.57. The molecule has 1 aliphatic rings. The first-order valence-electron chi connectivity index (χ1n) is 6.03. The number of nitrogens with one attached hydrogen (secondary N) is 2. The predicted molar refractivity (Wildman–Crippen MR) is 69.9 cm³/mol. The minimum atomic E-state index is 0.910. The van der Waals surface area contributed by atoms with Crippen LogP contribution >= 0.6 is 0 Å². The highest BCUT2D eigenvalue weighted by molar-refractivity contribution is 5.78. The fourth-order valence-corrected chi connectivity index (χ4v) is 2.44. The van der Waals surface area contributed by atoms with Crippen molar-refractivity contribution >= 4 is 11.0 Å². The van der Waals surface area contributed by atoms with E-state index in [0.717, 1.165) is 35.5 Å². The highest BCUT2D eigenvalue weighted by atomic mass is 14.9. The molecule has 0 saturated heterocycles. The van der Waals surface area contributed by atoms with Crippen molar-refractivity contribution in [2.45, 2.75) is 13.1 Å². The Labute approximate surface area is 104 Å².